The van der Waals surface area contributed by atoms with Crippen LogP contribution in [0.2, 0.25) is 0 Å². The van der Waals surface area contributed by atoms with Crippen LogP contribution in [-0.2, 0) is 28.3 Å². The zero-order chi connectivity index (χ0) is 27.0. The smallest absolute Gasteiger partial charge is 0.332 e. The Bertz CT molecular complexity index is 1390. The Morgan fingerprint density at radius 3 is 2.46 bits per heavy atom. The third kappa shape index (κ3) is 6.23. The van der Waals surface area contributed by atoms with E-state index in [2.05, 4.69) is 4.98 Å². The number of aromatic nitrogens is 2. The summed E-state index contributed by atoms with van der Waals surface area (Å²) in [5, 5.41) is -0.171. The van der Waals surface area contributed by atoms with Crippen LogP contribution in [0.1, 0.15) is 65.5 Å². The SMILES string of the molecule is Cc1ccccc1C(=O)N(Cc1cnc(S(=O)(=O)Cc2cccc(C(F)(F)F)c2)n1C1CC1)CC(C)C. The number of amides is 1. The van der Waals surface area contributed by atoms with Crippen LogP contribution in [0.5, 0.6) is 0 Å². The van der Waals surface area contributed by atoms with Crippen LogP contribution in [0.25, 0.3) is 0 Å². The number of benzene rings is 2. The topological polar surface area (TPSA) is 72.3 Å². The van der Waals surface area contributed by atoms with Crippen LogP contribution >= 0.6 is 0 Å². The maximum absolute atomic E-state index is 13.4. The van der Waals surface area contributed by atoms with Gasteiger partial charge in [-0.1, -0.05) is 50.2 Å². The summed E-state index contributed by atoms with van der Waals surface area (Å²) in [4.78, 5) is 19.4. The van der Waals surface area contributed by atoms with Gasteiger partial charge in [0, 0.05) is 18.2 Å². The standard InChI is InChI=1S/C27H30F3N3O3S/c1-18(2)15-32(25(34)24-10-5-4-7-19(24)3)16-23-14-31-26(33(23)22-11-12-22)37(35,36)17-20-8-6-9-21(13-20)27(28,29)30/h4-10,13-14,18,22H,11-12,15-17H2,1-3H3. The van der Waals surface area contributed by atoms with E-state index in [0.717, 1.165) is 30.5 Å². The average molecular weight is 534 g/mol. The monoisotopic (exact) mass is 533 g/mol. The number of hydrogen-bond acceptors (Lipinski definition) is 4. The van der Waals surface area contributed by atoms with Gasteiger partial charge in [-0.05, 0) is 48.9 Å². The first-order valence-electron chi connectivity index (χ1n) is 12.2. The molecule has 10 heteroatoms. The number of rotatable bonds is 9. The van der Waals surface area contributed by atoms with E-state index in [1.54, 1.807) is 21.6 Å². The number of carbonyl (C=O) groups excluding carboxylic acids is 1. The molecule has 198 valence electrons. The van der Waals surface area contributed by atoms with Crippen molar-refractivity contribution < 1.29 is 26.4 Å². The summed E-state index contributed by atoms with van der Waals surface area (Å²) in [5.74, 6) is -0.573. The highest BCUT2D eigenvalue weighted by molar-refractivity contribution is 7.90. The van der Waals surface area contributed by atoms with Gasteiger partial charge < -0.3 is 9.47 Å². The number of hydrogen-bond donors (Lipinski definition) is 0. The van der Waals surface area contributed by atoms with Crippen molar-refractivity contribution in [3.05, 3.63) is 82.7 Å². The summed E-state index contributed by atoms with van der Waals surface area (Å²) in [5.41, 5.74) is 1.16. The predicted molar refractivity (Wildman–Crippen MR) is 134 cm³/mol. The third-order valence-electron chi connectivity index (χ3n) is 6.24. The highest BCUT2D eigenvalue weighted by Gasteiger charge is 2.35. The first kappa shape index (κ1) is 26.9. The summed E-state index contributed by atoms with van der Waals surface area (Å²) in [6, 6.07) is 11.6. The molecule has 0 unspecified atom stereocenters. The molecular weight excluding hydrogens is 503 g/mol. The Labute approximate surface area is 215 Å². The molecule has 1 saturated carbocycles. The lowest BCUT2D eigenvalue weighted by atomic mass is 10.1. The molecule has 0 atom stereocenters. The number of carbonyl (C=O) groups is 1. The van der Waals surface area contributed by atoms with E-state index in [-0.39, 0.29) is 35.1 Å². The number of aryl methyl sites for hydroxylation is 1. The van der Waals surface area contributed by atoms with E-state index in [0.29, 0.717) is 17.8 Å². The number of nitrogens with zero attached hydrogens (tertiary/aromatic N) is 3. The lowest BCUT2D eigenvalue weighted by molar-refractivity contribution is -0.137. The summed E-state index contributed by atoms with van der Waals surface area (Å²) < 4.78 is 67.7. The van der Waals surface area contributed by atoms with Crippen molar-refractivity contribution in [2.24, 2.45) is 5.92 Å². The van der Waals surface area contributed by atoms with E-state index in [4.69, 9.17) is 0 Å². The van der Waals surface area contributed by atoms with Gasteiger partial charge >= 0.3 is 6.18 Å². The van der Waals surface area contributed by atoms with E-state index in [9.17, 15) is 26.4 Å². The Kier molecular flexibility index (Phi) is 7.50. The van der Waals surface area contributed by atoms with Gasteiger partial charge in [-0.15, -0.1) is 0 Å². The maximum Gasteiger partial charge on any atom is 0.416 e. The van der Waals surface area contributed by atoms with Gasteiger partial charge in [-0.3, -0.25) is 4.79 Å². The Morgan fingerprint density at radius 1 is 1.14 bits per heavy atom. The molecule has 37 heavy (non-hydrogen) atoms. The number of halogens is 3. The fraction of sp³-hybridized carbons (Fsp3) is 0.407. The average Bonchev–Trinajstić information content (AvgIpc) is 3.56. The van der Waals surface area contributed by atoms with Gasteiger partial charge in [0.2, 0.25) is 15.0 Å². The lowest BCUT2D eigenvalue weighted by Crippen LogP contribution is -2.35. The van der Waals surface area contributed by atoms with Crippen LogP contribution in [0.15, 0.2) is 59.9 Å². The molecule has 0 saturated heterocycles. The van der Waals surface area contributed by atoms with Crippen LogP contribution < -0.4 is 0 Å². The lowest BCUT2D eigenvalue weighted by Gasteiger charge is -2.26. The van der Waals surface area contributed by atoms with E-state index in [1.165, 1.54) is 18.3 Å². The summed E-state index contributed by atoms with van der Waals surface area (Å²) in [6.07, 6.45) is -1.56. The zero-order valence-corrected chi connectivity index (χ0v) is 21.8. The molecular formula is C27H30F3N3O3S. The van der Waals surface area contributed by atoms with Gasteiger partial charge in [0.1, 0.15) is 0 Å². The summed E-state index contributed by atoms with van der Waals surface area (Å²) in [7, 11) is -4.05. The minimum Gasteiger partial charge on any atom is -0.332 e. The largest absolute Gasteiger partial charge is 0.416 e. The first-order valence-corrected chi connectivity index (χ1v) is 13.8. The fourth-order valence-corrected chi connectivity index (χ4v) is 5.93. The van der Waals surface area contributed by atoms with E-state index < -0.39 is 27.3 Å². The van der Waals surface area contributed by atoms with Gasteiger partial charge in [0.05, 0.1) is 29.8 Å². The molecule has 1 amide bonds. The summed E-state index contributed by atoms with van der Waals surface area (Å²) >= 11 is 0. The van der Waals surface area contributed by atoms with Crippen molar-refractivity contribution in [3.8, 4) is 0 Å². The van der Waals surface area contributed by atoms with Crippen molar-refractivity contribution in [2.45, 2.75) is 63.3 Å². The maximum atomic E-state index is 13.4. The molecule has 3 aromatic rings. The quantitative estimate of drug-likeness (QED) is 0.348. The summed E-state index contributed by atoms with van der Waals surface area (Å²) in [6.45, 7) is 6.51. The molecule has 1 aromatic heterocycles. The first-order chi connectivity index (χ1) is 17.4. The second kappa shape index (κ2) is 10.3. The molecule has 1 fully saturated rings. The molecule has 4 rings (SSSR count). The van der Waals surface area contributed by atoms with E-state index in [1.807, 2.05) is 32.9 Å². The molecule has 0 spiro atoms. The fourth-order valence-electron chi connectivity index (χ4n) is 4.41. The van der Waals surface area contributed by atoms with E-state index >= 15 is 0 Å². The molecule has 0 bridgehead atoms. The second-order valence-corrected chi connectivity index (χ2v) is 11.9. The van der Waals surface area contributed by atoms with Crippen LogP contribution in [0, 0.1) is 12.8 Å². The zero-order valence-electron chi connectivity index (χ0n) is 21.0. The molecule has 0 N–H and O–H groups in total. The minimum absolute atomic E-state index is 0.0397. The second-order valence-electron chi connectivity index (χ2n) is 9.98. The van der Waals surface area contributed by atoms with Crippen LogP contribution in [0.3, 0.4) is 0 Å². The minimum atomic E-state index is -4.57. The molecule has 0 radical (unpaired) electrons. The number of alkyl halides is 3. The molecule has 2 aromatic carbocycles. The molecule has 1 aliphatic rings. The normalized spacial score (nSPS) is 14.2. The van der Waals surface area contributed by atoms with Gasteiger partial charge in [-0.2, -0.15) is 13.2 Å². The molecule has 1 aliphatic carbocycles. The Balaban J connectivity index is 1.65. The van der Waals surface area contributed by atoms with Crippen molar-refractivity contribution in [1.82, 2.24) is 14.5 Å². The van der Waals surface area contributed by atoms with Crippen LogP contribution in [0.4, 0.5) is 13.2 Å². The highest BCUT2D eigenvalue weighted by atomic mass is 32.2. The predicted octanol–water partition coefficient (Wildman–Crippen LogP) is 5.82. The van der Waals surface area contributed by atoms with Crippen molar-refractivity contribution in [1.29, 1.82) is 0 Å². The molecule has 1 heterocycles. The highest BCUT2D eigenvalue weighted by Crippen LogP contribution is 2.39. The third-order valence-corrected chi connectivity index (χ3v) is 7.81. The number of imidazole rings is 1. The van der Waals surface area contributed by atoms with Crippen LogP contribution in [-0.4, -0.2) is 35.3 Å². The van der Waals surface area contributed by atoms with Crippen molar-refractivity contribution >= 4 is 15.7 Å². The van der Waals surface area contributed by atoms with Gasteiger partial charge in [0.15, 0.2) is 0 Å². The van der Waals surface area contributed by atoms with Crippen molar-refractivity contribution in [2.75, 3.05) is 6.54 Å². The van der Waals surface area contributed by atoms with Gasteiger partial charge in [0.25, 0.3) is 5.91 Å². The molecule has 6 nitrogen and oxygen atoms in total. The Hall–Kier alpha value is -3.14. The van der Waals surface area contributed by atoms with Crippen molar-refractivity contribution in [3.63, 3.8) is 0 Å². The molecule has 0 aliphatic heterocycles. The number of sulfone groups is 1. The Morgan fingerprint density at radius 2 is 1.84 bits per heavy atom. The van der Waals surface area contributed by atoms with Gasteiger partial charge in [-0.25, -0.2) is 13.4 Å².